The van der Waals surface area contributed by atoms with Gasteiger partial charge in [0.15, 0.2) is 9.84 Å². The predicted molar refractivity (Wildman–Crippen MR) is 35.6 cm³/mol. The Hall–Kier alpha value is -0.0900. The average Bonchev–Trinajstić information content (AvgIpc) is 1.59. The van der Waals surface area contributed by atoms with Crippen LogP contribution in [0.5, 0.6) is 0 Å². The van der Waals surface area contributed by atoms with Gasteiger partial charge in [0.25, 0.3) is 0 Å². The molecule has 0 radical (unpaired) electrons. The van der Waals surface area contributed by atoms with E-state index in [1.54, 1.807) is 0 Å². The van der Waals surface area contributed by atoms with Gasteiger partial charge in [0.1, 0.15) is 11.8 Å². The Labute approximate surface area is 55.6 Å². The van der Waals surface area contributed by atoms with Crippen molar-refractivity contribution >= 4 is 9.84 Å². The standard InChI is InChI=1S/C5H11NO2S/c1-5(2)6-3-9(7,8)4-6/h5H,3-4H2,1-2H3. The Balaban J connectivity index is 2.45. The lowest BCUT2D eigenvalue weighted by atomic mass is 10.4. The molecule has 0 amide bonds. The van der Waals surface area contributed by atoms with E-state index in [4.69, 9.17) is 0 Å². The fraction of sp³-hybridized carbons (Fsp3) is 1.00. The molecule has 0 aliphatic carbocycles. The molecular weight excluding hydrogens is 138 g/mol. The van der Waals surface area contributed by atoms with Gasteiger partial charge >= 0.3 is 0 Å². The second-order valence-corrected chi connectivity index (χ2v) is 4.69. The Morgan fingerprint density at radius 1 is 1.33 bits per heavy atom. The van der Waals surface area contributed by atoms with Crippen LogP contribution in [-0.2, 0) is 9.84 Å². The number of hydrogen-bond acceptors (Lipinski definition) is 3. The van der Waals surface area contributed by atoms with E-state index in [9.17, 15) is 8.42 Å². The second kappa shape index (κ2) is 1.95. The molecule has 0 saturated carbocycles. The normalized spacial score (nSPS) is 26.1. The zero-order valence-corrected chi connectivity index (χ0v) is 6.48. The van der Waals surface area contributed by atoms with Crippen molar-refractivity contribution in [3.8, 4) is 0 Å². The zero-order chi connectivity index (χ0) is 7.07. The van der Waals surface area contributed by atoms with E-state index in [1.165, 1.54) is 0 Å². The highest BCUT2D eigenvalue weighted by Crippen LogP contribution is 2.14. The molecule has 0 bridgehead atoms. The molecule has 0 aromatic heterocycles. The van der Waals surface area contributed by atoms with Crippen LogP contribution < -0.4 is 0 Å². The van der Waals surface area contributed by atoms with Crippen LogP contribution in [0.2, 0.25) is 0 Å². The van der Waals surface area contributed by atoms with E-state index in [0.29, 0.717) is 6.04 Å². The van der Waals surface area contributed by atoms with E-state index in [-0.39, 0.29) is 11.8 Å². The van der Waals surface area contributed by atoms with Crippen molar-refractivity contribution in [1.82, 2.24) is 4.90 Å². The van der Waals surface area contributed by atoms with Gasteiger partial charge in [-0.1, -0.05) is 0 Å². The van der Waals surface area contributed by atoms with Gasteiger partial charge in [-0.15, -0.1) is 0 Å². The van der Waals surface area contributed by atoms with Crippen LogP contribution in [0, 0.1) is 0 Å². The molecule has 1 aliphatic rings. The molecule has 1 aliphatic heterocycles. The van der Waals surface area contributed by atoms with Crippen molar-refractivity contribution in [3.05, 3.63) is 0 Å². The van der Waals surface area contributed by atoms with Crippen molar-refractivity contribution in [3.63, 3.8) is 0 Å². The minimum absolute atomic E-state index is 0.255. The third-order valence-corrected chi connectivity index (χ3v) is 2.91. The summed E-state index contributed by atoms with van der Waals surface area (Å²) in [7, 11) is -2.65. The second-order valence-electron chi connectivity index (χ2n) is 2.68. The summed E-state index contributed by atoms with van der Waals surface area (Å²) in [5.74, 6) is 0.509. The van der Waals surface area contributed by atoms with E-state index < -0.39 is 9.84 Å². The maximum Gasteiger partial charge on any atom is 0.176 e. The van der Waals surface area contributed by atoms with Crippen LogP contribution in [0.25, 0.3) is 0 Å². The maximum atomic E-state index is 10.6. The van der Waals surface area contributed by atoms with Crippen molar-refractivity contribution in [1.29, 1.82) is 0 Å². The van der Waals surface area contributed by atoms with Crippen molar-refractivity contribution in [2.24, 2.45) is 0 Å². The van der Waals surface area contributed by atoms with Crippen LogP contribution in [-0.4, -0.2) is 31.1 Å². The third kappa shape index (κ3) is 1.43. The van der Waals surface area contributed by atoms with Gasteiger partial charge in [0.2, 0.25) is 0 Å². The van der Waals surface area contributed by atoms with Gasteiger partial charge < -0.3 is 0 Å². The van der Waals surface area contributed by atoms with Gasteiger partial charge in [-0.2, -0.15) is 0 Å². The fourth-order valence-electron chi connectivity index (χ4n) is 0.766. The van der Waals surface area contributed by atoms with E-state index >= 15 is 0 Å². The minimum Gasteiger partial charge on any atom is -0.273 e. The summed E-state index contributed by atoms with van der Waals surface area (Å²) in [6.07, 6.45) is 0. The van der Waals surface area contributed by atoms with E-state index in [0.717, 1.165) is 0 Å². The van der Waals surface area contributed by atoms with Gasteiger partial charge in [-0.3, -0.25) is 4.90 Å². The molecule has 0 unspecified atom stereocenters. The molecule has 1 fully saturated rings. The smallest absolute Gasteiger partial charge is 0.176 e. The summed E-state index contributed by atoms with van der Waals surface area (Å²) in [6, 6.07) is 0.369. The van der Waals surface area contributed by atoms with Crippen LogP contribution in [0.1, 0.15) is 13.8 Å². The summed E-state index contributed by atoms with van der Waals surface area (Å²) >= 11 is 0. The number of hydrogen-bond donors (Lipinski definition) is 0. The number of rotatable bonds is 1. The third-order valence-electron chi connectivity index (χ3n) is 1.46. The van der Waals surface area contributed by atoms with Crippen molar-refractivity contribution in [2.75, 3.05) is 11.8 Å². The lowest BCUT2D eigenvalue weighted by Gasteiger charge is -2.33. The van der Waals surface area contributed by atoms with Gasteiger partial charge in [-0.25, -0.2) is 8.42 Å². The number of sulfone groups is 1. The van der Waals surface area contributed by atoms with Gasteiger partial charge in [0, 0.05) is 6.04 Å². The highest BCUT2D eigenvalue weighted by Gasteiger charge is 2.31. The van der Waals surface area contributed by atoms with Crippen molar-refractivity contribution < 1.29 is 8.42 Å². The van der Waals surface area contributed by atoms with Crippen LogP contribution in [0.3, 0.4) is 0 Å². The Morgan fingerprint density at radius 2 is 1.78 bits per heavy atom. The van der Waals surface area contributed by atoms with Gasteiger partial charge in [0.05, 0.1) is 0 Å². The molecule has 0 aromatic rings. The van der Waals surface area contributed by atoms with Crippen LogP contribution in [0.15, 0.2) is 0 Å². The minimum atomic E-state index is -2.65. The zero-order valence-electron chi connectivity index (χ0n) is 5.66. The first-order valence-electron chi connectivity index (χ1n) is 2.96. The largest absolute Gasteiger partial charge is 0.273 e. The highest BCUT2D eigenvalue weighted by molar-refractivity contribution is 7.92. The maximum absolute atomic E-state index is 10.6. The predicted octanol–water partition coefficient (Wildman–Crippen LogP) is 0.0402. The lowest BCUT2D eigenvalue weighted by Crippen LogP contribution is -2.50. The topological polar surface area (TPSA) is 37.4 Å². The van der Waals surface area contributed by atoms with Gasteiger partial charge in [-0.05, 0) is 13.8 Å². The fourth-order valence-corrected chi connectivity index (χ4v) is 2.30. The summed E-state index contributed by atoms with van der Waals surface area (Å²) in [6.45, 7) is 3.99. The molecule has 54 valence electrons. The van der Waals surface area contributed by atoms with Crippen LogP contribution in [0.4, 0.5) is 0 Å². The summed E-state index contributed by atoms with van der Waals surface area (Å²) in [4.78, 5) is 1.91. The van der Waals surface area contributed by atoms with Crippen molar-refractivity contribution in [2.45, 2.75) is 19.9 Å². The Bertz CT molecular complexity index is 183. The van der Waals surface area contributed by atoms with E-state index in [2.05, 4.69) is 0 Å². The molecule has 1 heterocycles. The van der Waals surface area contributed by atoms with Crippen LogP contribution >= 0.6 is 0 Å². The molecule has 0 N–H and O–H groups in total. The Kier molecular flexibility index (Phi) is 1.52. The SMILES string of the molecule is CC(C)N1CS(=O)(=O)C1. The molecule has 1 rings (SSSR count). The average molecular weight is 149 g/mol. The molecule has 0 aromatic carbocycles. The Morgan fingerprint density at radius 3 is 1.89 bits per heavy atom. The molecule has 0 atom stereocenters. The quantitative estimate of drug-likeness (QED) is 0.528. The monoisotopic (exact) mass is 149 g/mol. The molecule has 4 heteroatoms. The number of nitrogens with zero attached hydrogens (tertiary/aromatic N) is 1. The van der Waals surface area contributed by atoms with E-state index in [1.807, 2.05) is 18.7 Å². The first-order valence-corrected chi connectivity index (χ1v) is 4.78. The molecule has 3 nitrogen and oxygen atoms in total. The summed E-state index contributed by atoms with van der Waals surface area (Å²) in [5, 5.41) is 0. The highest BCUT2D eigenvalue weighted by atomic mass is 32.2. The molecule has 9 heavy (non-hydrogen) atoms. The first-order chi connectivity index (χ1) is 4.01. The molecular formula is C5H11NO2S. The lowest BCUT2D eigenvalue weighted by molar-refractivity contribution is 0.259. The first kappa shape index (κ1) is 7.02. The molecule has 1 saturated heterocycles. The molecule has 0 spiro atoms. The summed E-state index contributed by atoms with van der Waals surface area (Å²) < 4.78 is 21.1. The summed E-state index contributed by atoms with van der Waals surface area (Å²) in [5.41, 5.74) is 0.